The summed E-state index contributed by atoms with van der Waals surface area (Å²) in [5, 5.41) is 10.6. The van der Waals surface area contributed by atoms with Crippen LogP contribution >= 0.6 is 23.4 Å². The summed E-state index contributed by atoms with van der Waals surface area (Å²) in [5.74, 6) is 0.150. The van der Waals surface area contributed by atoms with Gasteiger partial charge in [-0.25, -0.2) is 0 Å². The van der Waals surface area contributed by atoms with Gasteiger partial charge in [0.05, 0.1) is 18.2 Å². The van der Waals surface area contributed by atoms with Crippen LogP contribution in [0.4, 0.5) is 0 Å². The normalized spacial score (nSPS) is 32.3. The summed E-state index contributed by atoms with van der Waals surface area (Å²) >= 11 is 7.07. The van der Waals surface area contributed by atoms with E-state index in [9.17, 15) is 4.79 Å². The van der Waals surface area contributed by atoms with Crippen molar-refractivity contribution in [2.75, 3.05) is 12.9 Å². The summed E-state index contributed by atoms with van der Waals surface area (Å²) in [7, 11) is 1.29. The van der Waals surface area contributed by atoms with E-state index in [0.29, 0.717) is 5.75 Å². The van der Waals surface area contributed by atoms with Gasteiger partial charge >= 0.3 is 5.97 Å². The summed E-state index contributed by atoms with van der Waals surface area (Å²) in [6.07, 6.45) is 0. The lowest BCUT2D eigenvalue weighted by molar-refractivity contribution is -0.138. The number of nitrogens with zero attached hydrogens (tertiary/aromatic N) is 1. The molecule has 12 heavy (non-hydrogen) atoms. The highest BCUT2D eigenvalue weighted by Gasteiger charge is 2.37. The van der Waals surface area contributed by atoms with Gasteiger partial charge in [0.15, 0.2) is 0 Å². The fourth-order valence-electron chi connectivity index (χ4n) is 0.927. The standard InChI is InChI=1S/C6H8ClNO3S/c1-11-6(9)5-4(8-10)3(7)2-12-5/h3,5,10H,2H2,1H3. The van der Waals surface area contributed by atoms with Crippen molar-refractivity contribution in [3.63, 3.8) is 0 Å². The zero-order chi connectivity index (χ0) is 9.14. The van der Waals surface area contributed by atoms with Crippen LogP contribution in [0.5, 0.6) is 0 Å². The van der Waals surface area contributed by atoms with Crippen LogP contribution in [-0.4, -0.2) is 40.4 Å². The molecule has 1 saturated heterocycles. The van der Waals surface area contributed by atoms with E-state index in [1.807, 2.05) is 0 Å². The molecular formula is C6H8ClNO3S. The minimum absolute atomic E-state index is 0.286. The summed E-state index contributed by atoms with van der Waals surface area (Å²) in [6.45, 7) is 0. The number of rotatable bonds is 1. The molecule has 1 N–H and O–H groups in total. The Balaban J connectivity index is 2.74. The van der Waals surface area contributed by atoms with E-state index in [1.165, 1.54) is 18.9 Å². The SMILES string of the molecule is COC(=O)C1SCC(Cl)C1=NO. The number of halogens is 1. The van der Waals surface area contributed by atoms with Gasteiger partial charge in [0, 0.05) is 5.75 Å². The predicted molar refractivity (Wildman–Crippen MR) is 47.1 cm³/mol. The van der Waals surface area contributed by atoms with E-state index in [4.69, 9.17) is 16.8 Å². The van der Waals surface area contributed by atoms with Gasteiger partial charge in [-0.3, -0.25) is 4.79 Å². The first-order valence-corrected chi connectivity index (χ1v) is 4.74. The number of hydrogen-bond acceptors (Lipinski definition) is 5. The van der Waals surface area contributed by atoms with Crippen LogP contribution in [0.15, 0.2) is 5.16 Å². The van der Waals surface area contributed by atoms with Gasteiger partial charge in [-0.2, -0.15) is 0 Å². The number of hydrogen-bond donors (Lipinski definition) is 1. The van der Waals surface area contributed by atoms with Crippen LogP contribution in [0, 0.1) is 0 Å². The van der Waals surface area contributed by atoms with E-state index in [0.717, 1.165) is 0 Å². The largest absolute Gasteiger partial charge is 0.468 e. The lowest BCUT2D eigenvalue weighted by Gasteiger charge is -2.05. The van der Waals surface area contributed by atoms with Crippen molar-refractivity contribution in [1.82, 2.24) is 0 Å². The quantitative estimate of drug-likeness (QED) is 0.299. The van der Waals surface area contributed by atoms with E-state index in [2.05, 4.69) is 9.89 Å². The van der Waals surface area contributed by atoms with Crippen molar-refractivity contribution < 1.29 is 14.7 Å². The Morgan fingerprint density at radius 3 is 3.08 bits per heavy atom. The van der Waals surface area contributed by atoms with Crippen LogP contribution in [-0.2, 0) is 9.53 Å². The molecule has 0 aliphatic carbocycles. The van der Waals surface area contributed by atoms with E-state index in [1.54, 1.807) is 0 Å². The van der Waals surface area contributed by atoms with Gasteiger partial charge in [-0.15, -0.1) is 23.4 Å². The maximum absolute atomic E-state index is 11.0. The van der Waals surface area contributed by atoms with Crippen molar-refractivity contribution in [3.05, 3.63) is 0 Å². The van der Waals surface area contributed by atoms with E-state index >= 15 is 0 Å². The molecule has 1 heterocycles. The molecular weight excluding hydrogens is 202 g/mol. The minimum Gasteiger partial charge on any atom is -0.468 e. The first-order chi connectivity index (χ1) is 5.70. The Labute approximate surface area is 78.9 Å². The summed E-state index contributed by atoms with van der Waals surface area (Å²) in [5.41, 5.74) is 0.286. The predicted octanol–water partition coefficient (Wildman–Crippen LogP) is 0.712. The lowest BCUT2D eigenvalue weighted by atomic mass is 10.2. The highest BCUT2D eigenvalue weighted by atomic mass is 35.5. The molecule has 2 unspecified atom stereocenters. The number of thioether (sulfide) groups is 1. The molecule has 1 rings (SSSR count). The maximum Gasteiger partial charge on any atom is 0.324 e. The molecule has 1 aliphatic rings. The second kappa shape index (κ2) is 4.00. The molecule has 0 radical (unpaired) electrons. The number of carbonyl (C=O) groups excluding carboxylic acids is 1. The summed E-state index contributed by atoms with van der Waals surface area (Å²) in [6, 6.07) is 0. The molecule has 68 valence electrons. The number of carbonyl (C=O) groups is 1. The zero-order valence-corrected chi connectivity index (χ0v) is 7.93. The van der Waals surface area contributed by atoms with Crippen molar-refractivity contribution >= 4 is 35.0 Å². The third-order valence-electron chi connectivity index (χ3n) is 1.53. The number of esters is 1. The van der Waals surface area contributed by atoms with Crippen LogP contribution in [0.1, 0.15) is 0 Å². The third kappa shape index (κ3) is 1.67. The van der Waals surface area contributed by atoms with Crippen molar-refractivity contribution in [2.24, 2.45) is 5.16 Å². The first kappa shape index (κ1) is 9.67. The van der Waals surface area contributed by atoms with Gasteiger partial charge in [0.25, 0.3) is 0 Å². The van der Waals surface area contributed by atoms with Crippen LogP contribution in [0.2, 0.25) is 0 Å². The van der Waals surface area contributed by atoms with Gasteiger partial charge in [-0.05, 0) is 0 Å². The van der Waals surface area contributed by atoms with Crippen LogP contribution < -0.4 is 0 Å². The van der Waals surface area contributed by atoms with Crippen LogP contribution in [0.25, 0.3) is 0 Å². The average molecular weight is 210 g/mol. The molecule has 0 amide bonds. The molecule has 0 bridgehead atoms. The monoisotopic (exact) mass is 209 g/mol. The second-order valence-corrected chi connectivity index (χ2v) is 3.89. The molecule has 0 spiro atoms. The number of alkyl halides is 1. The minimum atomic E-state index is -0.539. The molecule has 0 saturated carbocycles. The second-order valence-electron chi connectivity index (χ2n) is 2.23. The first-order valence-electron chi connectivity index (χ1n) is 3.26. The molecule has 0 aromatic carbocycles. The molecule has 1 fully saturated rings. The van der Waals surface area contributed by atoms with Gasteiger partial charge in [0.2, 0.25) is 0 Å². The maximum atomic E-state index is 11.0. The molecule has 2 atom stereocenters. The summed E-state index contributed by atoms with van der Waals surface area (Å²) < 4.78 is 4.50. The Kier molecular flexibility index (Phi) is 3.22. The number of ether oxygens (including phenoxy) is 1. The fraction of sp³-hybridized carbons (Fsp3) is 0.667. The smallest absolute Gasteiger partial charge is 0.324 e. The number of methoxy groups -OCH3 is 1. The van der Waals surface area contributed by atoms with E-state index < -0.39 is 11.2 Å². The Bertz CT molecular complexity index is 221. The molecule has 0 aromatic heterocycles. The third-order valence-corrected chi connectivity index (χ3v) is 3.38. The zero-order valence-electron chi connectivity index (χ0n) is 6.36. The fourth-order valence-corrected chi connectivity index (χ4v) is 2.54. The van der Waals surface area contributed by atoms with Gasteiger partial charge in [-0.1, -0.05) is 5.16 Å². The average Bonchev–Trinajstić information content (AvgIpc) is 2.45. The lowest BCUT2D eigenvalue weighted by Crippen LogP contribution is -2.28. The molecule has 4 nitrogen and oxygen atoms in total. The summed E-state index contributed by atoms with van der Waals surface area (Å²) in [4.78, 5) is 11.0. The molecule has 6 heteroatoms. The Morgan fingerprint density at radius 2 is 2.58 bits per heavy atom. The Morgan fingerprint density at radius 1 is 1.92 bits per heavy atom. The highest BCUT2D eigenvalue weighted by molar-refractivity contribution is 8.02. The highest BCUT2D eigenvalue weighted by Crippen LogP contribution is 2.28. The molecule has 0 aromatic rings. The van der Waals surface area contributed by atoms with Gasteiger partial charge in [0.1, 0.15) is 5.25 Å². The van der Waals surface area contributed by atoms with E-state index in [-0.39, 0.29) is 11.1 Å². The molecule has 1 aliphatic heterocycles. The number of oxime groups is 1. The van der Waals surface area contributed by atoms with Gasteiger partial charge < -0.3 is 9.94 Å². The van der Waals surface area contributed by atoms with Crippen molar-refractivity contribution in [2.45, 2.75) is 10.6 Å². The van der Waals surface area contributed by atoms with Crippen molar-refractivity contribution in [1.29, 1.82) is 0 Å². The topological polar surface area (TPSA) is 58.9 Å². The Hall–Kier alpha value is -0.420. The van der Waals surface area contributed by atoms with Crippen LogP contribution in [0.3, 0.4) is 0 Å². The van der Waals surface area contributed by atoms with Crippen molar-refractivity contribution in [3.8, 4) is 0 Å².